The van der Waals surface area contributed by atoms with E-state index in [1.54, 1.807) is 0 Å². The second-order valence-corrected chi connectivity index (χ2v) is 6.09. The Morgan fingerprint density at radius 3 is 3.05 bits per heavy atom. The van der Waals surface area contributed by atoms with E-state index < -0.39 is 0 Å². The first-order valence-corrected chi connectivity index (χ1v) is 7.99. The number of rotatable bonds is 3. The van der Waals surface area contributed by atoms with Crippen LogP contribution in [0.5, 0.6) is 0 Å². The van der Waals surface area contributed by atoms with Crippen LogP contribution in [0.1, 0.15) is 18.4 Å². The summed E-state index contributed by atoms with van der Waals surface area (Å²) in [5, 5.41) is 4.00. The van der Waals surface area contributed by atoms with Crippen molar-refractivity contribution in [2.45, 2.75) is 31.4 Å². The molecular weight excluding hydrogens is 288 g/mol. The molecule has 1 amide bonds. The fourth-order valence-corrected chi connectivity index (χ4v) is 3.38. The Hall–Kier alpha value is -1.10. The molecule has 0 unspecified atom stereocenters. The van der Waals surface area contributed by atoms with Gasteiger partial charge in [-0.05, 0) is 30.9 Å². The molecule has 114 valence electrons. The number of carbonyl (C=O) groups excluding carboxylic acids is 1. The molecule has 2 aliphatic rings. The van der Waals surface area contributed by atoms with Crippen LogP contribution < -0.4 is 5.32 Å². The Labute approximate surface area is 130 Å². The van der Waals surface area contributed by atoms with Crippen LogP contribution >= 0.6 is 11.6 Å². The van der Waals surface area contributed by atoms with Crippen molar-refractivity contribution in [1.29, 1.82) is 0 Å². The van der Waals surface area contributed by atoms with Crippen molar-refractivity contribution in [3.8, 4) is 0 Å². The molecule has 0 bridgehead atoms. The SMILES string of the molecule is O=C([C@@H]1CNCCO1)N1CCC[C@H]1Cc1ccccc1Cl. The number of benzene rings is 1. The summed E-state index contributed by atoms with van der Waals surface area (Å²) in [6.45, 7) is 2.88. The van der Waals surface area contributed by atoms with E-state index in [1.165, 1.54) is 0 Å². The van der Waals surface area contributed by atoms with E-state index in [0.717, 1.165) is 42.9 Å². The molecule has 2 aliphatic heterocycles. The van der Waals surface area contributed by atoms with E-state index >= 15 is 0 Å². The average molecular weight is 309 g/mol. The Kier molecular flexibility index (Phi) is 4.78. The molecule has 1 aromatic rings. The fraction of sp³-hybridized carbons (Fsp3) is 0.562. The van der Waals surface area contributed by atoms with Crippen molar-refractivity contribution < 1.29 is 9.53 Å². The van der Waals surface area contributed by atoms with Crippen LogP contribution in [0, 0.1) is 0 Å². The number of ether oxygens (including phenoxy) is 1. The minimum atomic E-state index is -0.328. The van der Waals surface area contributed by atoms with E-state index in [4.69, 9.17) is 16.3 Å². The summed E-state index contributed by atoms with van der Waals surface area (Å²) < 4.78 is 5.59. The first-order valence-electron chi connectivity index (χ1n) is 7.62. The molecule has 0 aliphatic carbocycles. The molecule has 5 heteroatoms. The van der Waals surface area contributed by atoms with Crippen LogP contribution in [0.4, 0.5) is 0 Å². The highest BCUT2D eigenvalue weighted by Crippen LogP contribution is 2.25. The number of nitrogens with one attached hydrogen (secondary N) is 1. The van der Waals surface area contributed by atoms with Crippen molar-refractivity contribution in [2.24, 2.45) is 0 Å². The predicted molar refractivity (Wildman–Crippen MR) is 82.5 cm³/mol. The summed E-state index contributed by atoms with van der Waals surface area (Å²) in [6.07, 6.45) is 2.59. The summed E-state index contributed by atoms with van der Waals surface area (Å²) in [7, 11) is 0. The molecule has 0 spiro atoms. The Balaban J connectivity index is 1.67. The lowest BCUT2D eigenvalue weighted by Crippen LogP contribution is -2.51. The first kappa shape index (κ1) is 14.8. The minimum Gasteiger partial charge on any atom is -0.366 e. The van der Waals surface area contributed by atoms with Gasteiger partial charge in [-0.25, -0.2) is 0 Å². The summed E-state index contributed by atoms with van der Waals surface area (Å²) in [5.41, 5.74) is 1.12. The van der Waals surface area contributed by atoms with E-state index in [2.05, 4.69) is 5.32 Å². The van der Waals surface area contributed by atoms with Gasteiger partial charge in [0.1, 0.15) is 6.10 Å². The molecule has 0 saturated carbocycles. The summed E-state index contributed by atoms with van der Waals surface area (Å²) in [5.74, 6) is 0.122. The van der Waals surface area contributed by atoms with E-state index in [-0.39, 0.29) is 18.1 Å². The van der Waals surface area contributed by atoms with Crippen molar-refractivity contribution in [3.05, 3.63) is 34.9 Å². The van der Waals surface area contributed by atoms with Crippen molar-refractivity contribution >= 4 is 17.5 Å². The van der Waals surface area contributed by atoms with E-state index in [1.807, 2.05) is 29.2 Å². The maximum Gasteiger partial charge on any atom is 0.253 e. The van der Waals surface area contributed by atoms with Gasteiger partial charge in [0.15, 0.2) is 0 Å². The maximum atomic E-state index is 12.6. The lowest BCUT2D eigenvalue weighted by atomic mass is 10.0. The van der Waals surface area contributed by atoms with Crippen LogP contribution in [0.25, 0.3) is 0 Å². The van der Waals surface area contributed by atoms with Gasteiger partial charge in [0, 0.05) is 30.7 Å². The zero-order chi connectivity index (χ0) is 14.7. The standard InChI is InChI=1S/C16H21ClN2O2/c17-14-6-2-1-4-12(14)10-13-5-3-8-19(13)16(20)15-11-18-7-9-21-15/h1-2,4,6,13,15,18H,3,5,7-11H2/t13-,15-/m0/s1. The molecule has 0 aromatic heterocycles. The largest absolute Gasteiger partial charge is 0.366 e. The summed E-state index contributed by atoms with van der Waals surface area (Å²) in [6, 6.07) is 8.12. The maximum absolute atomic E-state index is 12.6. The third-order valence-electron chi connectivity index (χ3n) is 4.28. The van der Waals surface area contributed by atoms with Gasteiger partial charge in [0.25, 0.3) is 5.91 Å². The fourth-order valence-electron chi connectivity index (χ4n) is 3.16. The summed E-state index contributed by atoms with van der Waals surface area (Å²) >= 11 is 6.24. The smallest absolute Gasteiger partial charge is 0.253 e. The molecule has 4 nitrogen and oxygen atoms in total. The topological polar surface area (TPSA) is 41.6 Å². The van der Waals surface area contributed by atoms with Crippen LogP contribution in [-0.4, -0.2) is 49.2 Å². The van der Waals surface area contributed by atoms with Crippen LogP contribution in [0.2, 0.25) is 5.02 Å². The lowest BCUT2D eigenvalue weighted by molar-refractivity contribution is -0.146. The highest BCUT2D eigenvalue weighted by atomic mass is 35.5. The van der Waals surface area contributed by atoms with Crippen LogP contribution in [0.15, 0.2) is 24.3 Å². The molecule has 2 atom stereocenters. The molecular formula is C16H21ClN2O2. The molecule has 2 saturated heterocycles. The second-order valence-electron chi connectivity index (χ2n) is 5.69. The molecule has 21 heavy (non-hydrogen) atoms. The number of nitrogens with zero attached hydrogens (tertiary/aromatic N) is 1. The van der Waals surface area contributed by atoms with Gasteiger partial charge >= 0.3 is 0 Å². The molecule has 0 radical (unpaired) electrons. The average Bonchev–Trinajstić information content (AvgIpc) is 2.98. The normalized spacial score (nSPS) is 26.0. The van der Waals surface area contributed by atoms with Gasteiger partial charge in [0.05, 0.1) is 6.61 Å². The molecule has 2 fully saturated rings. The number of halogens is 1. The van der Waals surface area contributed by atoms with Gasteiger partial charge in [-0.1, -0.05) is 29.8 Å². The van der Waals surface area contributed by atoms with Crippen molar-refractivity contribution in [1.82, 2.24) is 10.2 Å². The zero-order valence-electron chi connectivity index (χ0n) is 12.1. The molecule has 1 N–H and O–H groups in total. The second kappa shape index (κ2) is 6.77. The lowest BCUT2D eigenvalue weighted by Gasteiger charge is -2.31. The van der Waals surface area contributed by atoms with Gasteiger partial charge in [-0.3, -0.25) is 4.79 Å². The predicted octanol–water partition coefficient (Wildman–Crippen LogP) is 1.86. The number of amides is 1. The van der Waals surface area contributed by atoms with E-state index in [0.29, 0.717) is 13.2 Å². The molecule has 3 rings (SSSR count). The highest BCUT2D eigenvalue weighted by molar-refractivity contribution is 6.31. The quantitative estimate of drug-likeness (QED) is 0.927. The third kappa shape index (κ3) is 3.39. The van der Waals surface area contributed by atoms with Crippen molar-refractivity contribution in [2.75, 3.05) is 26.2 Å². The van der Waals surface area contributed by atoms with E-state index in [9.17, 15) is 4.79 Å². The number of hydrogen-bond donors (Lipinski definition) is 1. The number of morpholine rings is 1. The summed E-state index contributed by atoms with van der Waals surface area (Å²) in [4.78, 5) is 14.6. The highest BCUT2D eigenvalue weighted by Gasteiger charge is 2.34. The number of carbonyl (C=O) groups is 1. The Morgan fingerprint density at radius 1 is 1.43 bits per heavy atom. The van der Waals surface area contributed by atoms with Crippen LogP contribution in [-0.2, 0) is 16.0 Å². The number of hydrogen-bond acceptors (Lipinski definition) is 3. The first-order chi connectivity index (χ1) is 10.3. The third-order valence-corrected chi connectivity index (χ3v) is 4.65. The minimum absolute atomic E-state index is 0.122. The zero-order valence-corrected chi connectivity index (χ0v) is 12.8. The monoisotopic (exact) mass is 308 g/mol. The van der Waals surface area contributed by atoms with Gasteiger partial charge in [-0.15, -0.1) is 0 Å². The Morgan fingerprint density at radius 2 is 2.29 bits per heavy atom. The van der Waals surface area contributed by atoms with Gasteiger partial charge in [-0.2, -0.15) is 0 Å². The molecule has 2 heterocycles. The van der Waals surface area contributed by atoms with Crippen molar-refractivity contribution in [3.63, 3.8) is 0 Å². The van der Waals surface area contributed by atoms with Gasteiger partial charge < -0.3 is 15.0 Å². The Bertz CT molecular complexity index is 503. The number of likely N-dealkylation sites (tertiary alicyclic amines) is 1. The van der Waals surface area contributed by atoms with Crippen LogP contribution in [0.3, 0.4) is 0 Å². The van der Waals surface area contributed by atoms with Gasteiger partial charge in [0.2, 0.25) is 0 Å². The molecule has 1 aromatic carbocycles.